The first kappa shape index (κ1) is 21.0. The average Bonchev–Trinajstić information content (AvgIpc) is 3.26. The molecule has 3 rings (SSSR count). The first-order chi connectivity index (χ1) is 13.9. The molecule has 1 aromatic carbocycles. The number of aliphatic imine (C=N–C) groups is 1. The molecule has 0 spiro atoms. The van der Waals surface area contributed by atoms with Crippen molar-refractivity contribution in [2.24, 2.45) is 4.99 Å². The number of nitrogens with zero attached hydrogens (tertiary/aromatic N) is 3. The van der Waals surface area contributed by atoms with Gasteiger partial charge in [0.2, 0.25) is 0 Å². The van der Waals surface area contributed by atoms with Gasteiger partial charge in [0.1, 0.15) is 0 Å². The molecule has 0 radical (unpaired) electrons. The molecule has 6 nitrogen and oxygen atoms in total. The highest BCUT2D eigenvalue weighted by molar-refractivity contribution is 5.91. The number of hydrogen-bond acceptors (Lipinski definition) is 3. The Labute approximate surface area is 173 Å². The van der Waals surface area contributed by atoms with Gasteiger partial charge in [0.05, 0.1) is 12.8 Å². The lowest BCUT2D eigenvalue weighted by molar-refractivity contribution is 0.0657. The quantitative estimate of drug-likeness (QED) is 0.622. The first-order valence-corrected chi connectivity index (χ1v) is 10.3. The minimum atomic E-state index is -0.0518. The third-order valence-electron chi connectivity index (χ3n) is 5.36. The molecule has 156 valence electrons. The third-order valence-corrected chi connectivity index (χ3v) is 5.36. The van der Waals surface area contributed by atoms with E-state index in [0.717, 1.165) is 25.6 Å². The lowest BCUT2D eigenvalue weighted by Gasteiger charge is -2.36. The van der Waals surface area contributed by atoms with E-state index < -0.39 is 0 Å². The SMILES string of the molecule is CCNC(=NCC(C)(C)c1cccc(C)c1)N1CCN(C(=O)c2ccco2)CC1. The molecule has 0 aliphatic carbocycles. The topological polar surface area (TPSA) is 61.1 Å². The number of nitrogens with one attached hydrogen (secondary N) is 1. The van der Waals surface area contributed by atoms with Crippen molar-refractivity contribution in [3.05, 3.63) is 59.5 Å². The van der Waals surface area contributed by atoms with E-state index in [1.807, 2.05) is 4.90 Å². The van der Waals surface area contributed by atoms with Crippen LogP contribution in [-0.2, 0) is 5.41 Å². The Morgan fingerprint density at radius 3 is 2.48 bits per heavy atom. The van der Waals surface area contributed by atoms with E-state index in [-0.39, 0.29) is 11.3 Å². The number of furan rings is 1. The average molecular weight is 397 g/mol. The molecule has 0 atom stereocenters. The zero-order valence-electron chi connectivity index (χ0n) is 17.9. The molecule has 6 heteroatoms. The van der Waals surface area contributed by atoms with Gasteiger partial charge in [-0.25, -0.2) is 0 Å². The molecule has 1 aromatic heterocycles. The summed E-state index contributed by atoms with van der Waals surface area (Å²) in [5, 5.41) is 3.41. The lowest BCUT2D eigenvalue weighted by atomic mass is 9.84. The van der Waals surface area contributed by atoms with Crippen LogP contribution in [0.4, 0.5) is 0 Å². The zero-order chi connectivity index (χ0) is 20.9. The van der Waals surface area contributed by atoms with Gasteiger partial charge in [-0.15, -0.1) is 0 Å². The lowest BCUT2D eigenvalue weighted by Crippen LogP contribution is -2.54. The molecule has 1 amide bonds. The van der Waals surface area contributed by atoms with Crippen LogP contribution in [0.25, 0.3) is 0 Å². The van der Waals surface area contributed by atoms with Crippen molar-refractivity contribution in [3.63, 3.8) is 0 Å². The van der Waals surface area contributed by atoms with Crippen LogP contribution in [0.3, 0.4) is 0 Å². The molecular formula is C23H32N4O2. The molecule has 0 unspecified atom stereocenters. The number of guanidine groups is 1. The number of hydrogen-bond donors (Lipinski definition) is 1. The van der Waals surface area contributed by atoms with Crippen LogP contribution < -0.4 is 5.32 Å². The molecular weight excluding hydrogens is 364 g/mol. The standard InChI is InChI=1S/C23H32N4O2/c1-5-24-22(25-17-23(3,4)19-9-6-8-18(2)16-19)27-13-11-26(12-14-27)21(28)20-10-7-15-29-20/h6-10,15-16H,5,11-14,17H2,1-4H3,(H,24,25). The van der Waals surface area contributed by atoms with Crippen molar-refractivity contribution in [1.29, 1.82) is 0 Å². The summed E-state index contributed by atoms with van der Waals surface area (Å²) in [6.45, 7) is 13.0. The van der Waals surface area contributed by atoms with Crippen LogP contribution in [-0.4, -0.2) is 60.9 Å². The van der Waals surface area contributed by atoms with E-state index in [4.69, 9.17) is 9.41 Å². The summed E-state index contributed by atoms with van der Waals surface area (Å²) in [5.74, 6) is 1.27. The maximum atomic E-state index is 12.5. The second-order valence-electron chi connectivity index (χ2n) is 8.18. The molecule has 1 fully saturated rings. The predicted molar refractivity (Wildman–Crippen MR) is 116 cm³/mol. The zero-order valence-corrected chi connectivity index (χ0v) is 17.9. The maximum absolute atomic E-state index is 12.5. The van der Waals surface area contributed by atoms with Gasteiger partial charge >= 0.3 is 0 Å². The summed E-state index contributed by atoms with van der Waals surface area (Å²) in [6, 6.07) is 12.1. The number of carbonyl (C=O) groups is 1. The first-order valence-electron chi connectivity index (χ1n) is 10.3. The number of carbonyl (C=O) groups excluding carboxylic acids is 1. The predicted octanol–water partition coefficient (Wildman–Crippen LogP) is 3.29. The van der Waals surface area contributed by atoms with Crippen LogP contribution in [0, 0.1) is 6.92 Å². The number of amides is 1. The van der Waals surface area contributed by atoms with E-state index >= 15 is 0 Å². The molecule has 2 aromatic rings. The molecule has 0 saturated carbocycles. The summed E-state index contributed by atoms with van der Waals surface area (Å²) in [5.41, 5.74) is 2.51. The molecule has 29 heavy (non-hydrogen) atoms. The van der Waals surface area contributed by atoms with Gasteiger partial charge in [-0.2, -0.15) is 0 Å². The highest BCUT2D eigenvalue weighted by Crippen LogP contribution is 2.24. The summed E-state index contributed by atoms with van der Waals surface area (Å²) in [4.78, 5) is 21.5. The Balaban J connectivity index is 1.64. The van der Waals surface area contributed by atoms with Crippen LogP contribution in [0.15, 0.2) is 52.1 Å². The molecule has 1 aliphatic rings. The van der Waals surface area contributed by atoms with E-state index in [1.165, 1.54) is 17.4 Å². The highest BCUT2D eigenvalue weighted by Gasteiger charge is 2.26. The van der Waals surface area contributed by atoms with Crippen molar-refractivity contribution in [1.82, 2.24) is 15.1 Å². The summed E-state index contributed by atoms with van der Waals surface area (Å²) >= 11 is 0. The number of piperazine rings is 1. The van der Waals surface area contributed by atoms with Gasteiger partial charge in [0, 0.05) is 38.1 Å². The smallest absolute Gasteiger partial charge is 0.289 e. The Morgan fingerprint density at radius 2 is 1.86 bits per heavy atom. The fourth-order valence-electron chi connectivity index (χ4n) is 3.53. The van der Waals surface area contributed by atoms with E-state index in [0.29, 0.717) is 25.4 Å². The number of benzene rings is 1. The Bertz CT molecular complexity index is 834. The number of aryl methyl sites for hydroxylation is 1. The van der Waals surface area contributed by atoms with Gasteiger partial charge in [0.15, 0.2) is 11.7 Å². The van der Waals surface area contributed by atoms with E-state index in [1.54, 1.807) is 12.1 Å². The fourth-order valence-corrected chi connectivity index (χ4v) is 3.53. The van der Waals surface area contributed by atoms with Crippen molar-refractivity contribution in [2.75, 3.05) is 39.3 Å². The number of rotatable bonds is 5. The highest BCUT2D eigenvalue weighted by atomic mass is 16.3. The molecule has 1 saturated heterocycles. The maximum Gasteiger partial charge on any atom is 0.289 e. The van der Waals surface area contributed by atoms with Crippen molar-refractivity contribution < 1.29 is 9.21 Å². The second kappa shape index (κ2) is 9.16. The van der Waals surface area contributed by atoms with Crippen LogP contribution in [0.2, 0.25) is 0 Å². The summed E-state index contributed by atoms with van der Waals surface area (Å²) < 4.78 is 5.25. The Kier molecular flexibility index (Phi) is 6.62. The molecule has 1 aliphatic heterocycles. The van der Waals surface area contributed by atoms with Crippen LogP contribution in [0.1, 0.15) is 42.5 Å². The second-order valence-corrected chi connectivity index (χ2v) is 8.18. The Morgan fingerprint density at radius 1 is 1.14 bits per heavy atom. The third kappa shape index (κ3) is 5.19. The molecule has 2 heterocycles. The van der Waals surface area contributed by atoms with Crippen LogP contribution >= 0.6 is 0 Å². The van der Waals surface area contributed by atoms with Gasteiger partial charge < -0.3 is 19.5 Å². The normalized spacial score (nSPS) is 15.5. The minimum absolute atomic E-state index is 0.0443. The van der Waals surface area contributed by atoms with E-state index in [9.17, 15) is 4.79 Å². The fraction of sp³-hybridized carbons (Fsp3) is 0.478. The largest absolute Gasteiger partial charge is 0.459 e. The monoisotopic (exact) mass is 396 g/mol. The van der Waals surface area contributed by atoms with E-state index in [2.05, 4.69) is 62.2 Å². The minimum Gasteiger partial charge on any atom is -0.459 e. The van der Waals surface area contributed by atoms with Gasteiger partial charge in [-0.1, -0.05) is 43.7 Å². The molecule has 1 N–H and O–H groups in total. The summed E-state index contributed by atoms with van der Waals surface area (Å²) in [7, 11) is 0. The summed E-state index contributed by atoms with van der Waals surface area (Å²) in [6.07, 6.45) is 1.54. The van der Waals surface area contributed by atoms with Crippen LogP contribution in [0.5, 0.6) is 0 Å². The Hall–Kier alpha value is -2.76. The van der Waals surface area contributed by atoms with Gasteiger partial charge in [-0.05, 0) is 31.5 Å². The van der Waals surface area contributed by atoms with Gasteiger partial charge in [0.25, 0.3) is 5.91 Å². The molecule has 0 bridgehead atoms. The van der Waals surface area contributed by atoms with Crippen molar-refractivity contribution in [2.45, 2.75) is 33.1 Å². The van der Waals surface area contributed by atoms with Gasteiger partial charge in [-0.3, -0.25) is 9.79 Å². The van der Waals surface area contributed by atoms with Crippen molar-refractivity contribution >= 4 is 11.9 Å². The van der Waals surface area contributed by atoms with Crippen molar-refractivity contribution in [3.8, 4) is 0 Å².